The van der Waals surface area contributed by atoms with Crippen LogP contribution in [0.25, 0.3) is 10.8 Å². The number of aliphatic hydroxyl groups is 1. The van der Waals surface area contributed by atoms with Gasteiger partial charge in [0.2, 0.25) is 5.89 Å². The predicted molar refractivity (Wildman–Crippen MR) is 74.9 cm³/mol. The minimum absolute atomic E-state index is 0.225. The van der Waals surface area contributed by atoms with Crippen molar-refractivity contribution in [2.45, 2.75) is 26.0 Å². The van der Waals surface area contributed by atoms with Gasteiger partial charge in [0.1, 0.15) is 6.26 Å². The van der Waals surface area contributed by atoms with Gasteiger partial charge in [-0.15, -0.1) is 11.3 Å². The van der Waals surface area contributed by atoms with E-state index in [4.69, 9.17) is 4.42 Å². The molecule has 1 aliphatic rings. The Hall–Kier alpha value is -1.17. The van der Waals surface area contributed by atoms with E-state index in [1.165, 1.54) is 0 Å². The lowest BCUT2D eigenvalue weighted by Crippen LogP contribution is -2.42. The van der Waals surface area contributed by atoms with E-state index in [-0.39, 0.29) is 6.10 Å². The quantitative estimate of drug-likeness (QED) is 0.937. The molecule has 0 bridgehead atoms. The van der Waals surface area contributed by atoms with E-state index in [0.29, 0.717) is 11.8 Å². The summed E-state index contributed by atoms with van der Waals surface area (Å²) in [4.78, 5) is 7.80. The van der Waals surface area contributed by atoms with Crippen LogP contribution in [0.3, 0.4) is 0 Å². The number of aliphatic hydroxyl groups excluding tert-OH is 1. The van der Waals surface area contributed by atoms with Crippen LogP contribution in [-0.4, -0.2) is 34.2 Å². The molecular weight excluding hydrogens is 260 g/mol. The molecule has 5 heteroatoms. The molecule has 0 amide bonds. The number of thiophene rings is 1. The summed E-state index contributed by atoms with van der Waals surface area (Å²) in [7, 11) is 0. The fraction of sp³-hybridized carbons (Fsp3) is 0.500. The summed E-state index contributed by atoms with van der Waals surface area (Å²) in [6, 6.07) is 4.00. The van der Waals surface area contributed by atoms with E-state index in [1.807, 2.05) is 17.5 Å². The van der Waals surface area contributed by atoms with Crippen molar-refractivity contribution in [1.29, 1.82) is 0 Å². The molecule has 102 valence electrons. The fourth-order valence-electron chi connectivity index (χ4n) is 2.38. The lowest BCUT2D eigenvalue weighted by Gasteiger charge is -2.33. The van der Waals surface area contributed by atoms with Crippen molar-refractivity contribution in [1.82, 2.24) is 9.88 Å². The molecular formula is C14H18N2O2S. The molecule has 3 heterocycles. The molecule has 0 radical (unpaired) electrons. The van der Waals surface area contributed by atoms with Crippen LogP contribution in [-0.2, 0) is 6.54 Å². The molecule has 0 aliphatic carbocycles. The van der Waals surface area contributed by atoms with Gasteiger partial charge in [0.05, 0.1) is 16.7 Å². The molecule has 3 rings (SSSR count). The van der Waals surface area contributed by atoms with E-state index < -0.39 is 0 Å². The van der Waals surface area contributed by atoms with Crippen molar-refractivity contribution in [3.8, 4) is 10.8 Å². The maximum Gasteiger partial charge on any atom is 0.236 e. The van der Waals surface area contributed by atoms with Crippen LogP contribution >= 0.6 is 11.3 Å². The molecule has 4 nitrogen and oxygen atoms in total. The number of piperidine rings is 1. The van der Waals surface area contributed by atoms with Gasteiger partial charge in [0, 0.05) is 13.1 Å². The Labute approximate surface area is 116 Å². The number of rotatable bonds is 3. The Morgan fingerprint density at radius 3 is 3.21 bits per heavy atom. The second-order valence-corrected chi connectivity index (χ2v) is 6.14. The lowest BCUT2D eigenvalue weighted by molar-refractivity contribution is 0.0254. The summed E-state index contributed by atoms with van der Waals surface area (Å²) in [5, 5.41) is 11.9. The van der Waals surface area contributed by atoms with Crippen molar-refractivity contribution in [3.05, 3.63) is 29.5 Å². The third kappa shape index (κ3) is 2.88. The minimum atomic E-state index is -0.225. The fourth-order valence-corrected chi connectivity index (χ4v) is 3.04. The van der Waals surface area contributed by atoms with Gasteiger partial charge in [0.15, 0.2) is 0 Å². The van der Waals surface area contributed by atoms with Crippen LogP contribution in [0.5, 0.6) is 0 Å². The molecule has 19 heavy (non-hydrogen) atoms. The number of oxazole rings is 1. The highest BCUT2D eigenvalue weighted by Crippen LogP contribution is 2.25. The van der Waals surface area contributed by atoms with E-state index in [9.17, 15) is 5.11 Å². The molecule has 2 aromatic heterocycles. The van der Waals surface area contributed by atoms with Gasteiger partial charge >= 0.3 is 0 Å². The average Bonchev–Trinajstić information content (AvgIpc) is 3.04. The second-order valence-electron chi connectivity index (χ2n) is 5.19. The van der Waals surface area contributed by atoms with Crippen molar-refractivity contribution >= 4 is 11.3 Å². The Kier molecular flexibility index (Phi) is 3.68. The molecule has 0 aromatic carbocycles. The van der Waals surface area contributed by atoms with E-state index in [2.05, 4.69) is 16.8 Å². The number of hydrogen-bond donors (Lipinski definition) is 1. The first-order valence-electron chi connectivity index (χ1n) is 6.61. The number of likely N-dealkylation sites (tertiary alicyclic amines) is 1. The largest absolute Gasteiger partial charge is 0.444 e. The summed E-state index contributed by atoms with van der Waals surface area (Å²) in [6.45, 7) is 4.59. The monoisotopic (exact) mass is 278 g/mol. The molecule has 1 N–H and O–H groups in total. The average molecular weight is 278 g/mol. The first-order valence-corrected chi connectivity index (χ1v) is 7.49. The number of nitrogens with zero attached hydrogens (tertiary/aromatic N) is 2. The van der Waals surface area contributed by atoms with E-state index in [1.54, 1.807) is 17.6 Å². The first-order chi connectivity index (χ1) is 9.22. The third-order valence-corrected chi connectivity index (χ3v) is 4.53. The highest BCUT2D eigenvalue weighted by Gasteiger charge is 2.24. The standard InChI is InChI=1S/C14H18N2O2S/c1-10-4-5-16(8-12(10)17)7-11-9-18-14(15-11)13-3-2-6-19-13/h2-3,6,9-10,12,17H,4-5,7-8H2,1H3. The van der Waals surface area contributed by atoms with Crippen LogP contribution in [0.15, 0.2) is 28.2 Å². The Morgan fingerprint density at radius 2 is 2.47 bits per heavy atom. The Balaban J connectivity index is 1.64. The summed E-state index contributed by atoms with van der Waals surface area (Å²) in [5.74, 6) is 1.09. The van der Waals surface area contributed by atoms with Crippen LogP contribution in [0.1, 0.15) is 19.0 Å². The van der Waals surface area contributed by atoms with Gasteiger partial charge < -0.3 is 9.52 Å². The normalized spacial score (nSPS) is 24.7. The predicted octanol–water partition coefficient (Wildman–Crippen LogP) is 2.61. The maximum atomic E-state index is 9.90. The SMILES string of the molecule is CC1CCN(Cc2coc(-c3cccs3)n2)CC1O. The molecule has 1 fully saturated rings. The smallest absolute Gasteiger partial charge is 0.236 e. The van der Waals surface area contributed by atoms with Crippen LogP contribution in [0.4, 0.5) is 0 Å². The summed E-state index contributed by atoms with van der Waals surface area (Å²) in [6.07, 6.45) is 2.54. The first kappa shape index (κ1) is 12.8. The van der Waals surface area contributed by atoms with Gasteiger partial charge in [-0.1, -0.05) is 13.0 Å². The summed E-state index contributed by atoms with van der Waals surface area (Å²) in [5.41, 5.74) is 0.935. The van der Waals surface area contributed by atoms with Crippen LogP contribution in [0, 0.1) is 5.92 Å². The van der Waals surface area contributed by atoms with Crippen molar-refractivity contribution in [2.24, 2.45) is 5.92 Å². The molecule has 0 saturated carbocycles. The zero-order valence-electron chi connectivity index (χ0n) is 11.0. The minimum Gasteiger partial charge on any atom is -0.444 e. The molecule has 0 spiro atoms. The molecule has 1 saturated heterocycles. The Morgan fingerprint density at radius 1 is 1.58 bits per heavy atom. The Bertz CT molecular complexity index is 523. The second kappa shape index (κ2) is 5.45. The number of aromatic nitrogens is 1. The zero-order chi connectivity index (χ0) is 13.2. The van der Waals surface area contributed by atoms with Gasteiger partial charge in [0.25, 0.3) is 0 Å². The maximum absolute atomic E-state index is 9.90. The highest BCUT2D eigenvalue weighted by molar-refractivity contribution is 7.13. The highest BCUT2D eigenvalue weighted by atomic mass is 32.1. The molecule has 2 atom stereocenters. The van der Waals surface area contributed by atoms with Crippen LogP contribution in [0.2, 0.25) is 0 Å². The van der Waals surface area contributed by atoms with E-state index >= 15 is 0 Å². The molecule has 2 aromatic rings. The van der Waals surface area contributed by atoms with Crippen LogP contribution < -0.4 is 0 Å². The third-order valence-electron chi connectivity index (χ3n) is 3.67. The zero-order valence-corrected chi connectivity index (χ0v) is 11.8. The topological polar surface area (TPSA) is 49.5 Å². The van der Waals surface area contributed by atoms with Crippen molar-refractivity contribution < 1.29 is 9.52 Å². The van der Waals surface area contributed by atoms with E-state index in [0.717, 1.165) is 36.6 Å². The molecule has 2 unspecified atom stereocenters. The van der Waals surface area contributed by atoms with Crippen molar-refractivity contribution in [3.63, 3.8) is 0 Å². The molecule has 1 aliphatic heterocycles. The van der Waals surface area contributed by atoms with Gasteiger partial charge in [-0.2, -0.15) is 0 Å². The summed E-state index contributed by atoms with van der Waals surface area (Å²) >= 11 is 1.63. The van der Waals surface area contributed by atoms with Gasteiger partial charge in [-0.3, -0.25) is 4.90 Å². The lowest BCUT2D eigenvalue weighted by atomic mass is 9.96. The number of hydrogen-bond acceptors (Lipinski definition) is 5. The van der Waals surface area contributed by atoms with Gasteiger partial charge in [-0.25, -0.2) is 4.98 Å². The number of β-amino-alcohol motifs (C(OH)–C–C–N with tert-alkyl or cyclic N) is 1. The van der Waals surface area contributed by atoms with Crippen molar-refractivity contribution in [2.75, 3.05) is 13.1 Å². The van der Waals surface area contributed by atoms with Gasteiger partial charge in [-0.05, 0) is 30.3 Å². The summed E-state index contributed by atoms with van der Waals surface area (Å²) < 4.78 is 5.51.